The van der Waals surface area contributed by atoms with E-state index in [1.165, 1.54) is 19.3 Å². The maximum absolute atomic E-state index is 6.12. The lowest BCUT2D eigenvalue weighted by Crippen LogP contribution is -2.41. The Balaban J connectivity index is 2.13. The zero-order chi connectivity index (χ0) is 11.4. The van der Waals surface area contributed by atoms with Gasteiger partial charge in [-0.05, 0) is 25.7 Å². The highest BCUT2D eigenvalue weighted by Crippen LogP contribution is 2.31. The summed E-state index contributed by atoms with van der Waals surface area (Å²) in [5.41, 5.74) is 0. The van der Waals surface area contributed by atoms with E-state index in [9.17, 15) is 0 Å². The molecular formula is C11H15Cl2N3. The number of rotatable bonds is 5. The Morgan fingerprint density at radius 3 is 2.81 bits per heavy atom. The van der Waals surface area contributed by atoms with Crippen LogP contribution in [-0.4, -0.2) is 28.4 Å². The van der Waals surface area contributed by atoms with Gasteiger partial charge in [0.1, 0.15) is 11.3 Å². The van der Waals surface area contributed by atoms with Gasteiger partial charge in [-0.25, -0.2) is 9.97 Å². The average molecular weight is 260 g/mol. The van der Waals surface area contributed by atoms with E-state index < -0.39 is 0 Å². The van der Waals surface area contributed by atoms with Crippen LogP contribution in [0, 0.1) is 0 Å². The van der Waals surface area contributed by atoms with Gasteiger partial charge in [-0.3, -0.25) is 0 Å². The van der Waals surface area contributed by atoms with Crippen LogP contribution in [0.4, 0.5) is 5.82 Å². The number of hydrogen-bond donors (Lipinski definition) is 0. The Hall–Kier alpha value is -0.540. The lowest BCUT2D eigenvalue weighted by molar-refractivity contribution is 0.384. The molecule has 0 radical (unpaired) electrons. The van der Waals surface area contributed by atoms with Gasteiger partial charge in [0.2, 0.25) is 0 Å². The molecule has 1 aliphatic carbocycles. The lowest BCUT2D eigenvalue weighted by Gasteiger charge is -2.38. The molecule has 0 unspecified atom stereocenters. The third-order valence-electron chi connectivity index (χ3n) is 2.97. The van der Waals surface area contributed by atoms with E-state index in [1.807, 2.05) is 0 Å². The number of aromatic nitrogens is 2. The summed E-state index contributed by atoms with van der Waals surface area (Å²) >= 11 is 11.9. The fraction of sp³-hybridized carbons (Fsp3) is 0.636. The second kappa shape index (κ2) is 5.69. The smallest absolute Gasteiger partial charge is 0.151 e. The minimum atomic E-state index is 0.579. The third kappa shape index (κ3) is 2.58. The first-order valence-electron chi connectivity index (χ1n) is 5.61. The minimum absolute atomic E-state index is 0.579. The zero-order valence-electron chi connectivity index (χ0n) is 9.07. The molecular weight excluding hydrogens is 245 g/mol. The number of hydrogen-bond acceptors (Lipinski definition) is 3. The van der Waals surface area contributed by atoms with Crippen molar-refractivity contribution in [2.45, 2.75) is 31.7 Å². The van der Waals surface area contributed by atoms with Crippen LogP contribution in [0.15, 0.2) is 12.5 Å². The van der Waals surface area contributed by atoms with Gasteiger partial charge in [-0.2, -0.15) is 0 Å². The Kier molecular flexibility index (Phi) is 4.24. The standard InChI is InChI=1S/C11H15Cl2N3/c12-5-2-6-16(9-3-1-4-9)11-10(13)7-14-8-15-11/h7-9H,1-6H2. The van der Waals surface area contributed by atoms with Crippen molar-refractivity contribution in [1.82, 2.24) is 9.97 Å². The average Bonchev–Trinajstić information content (AvgIpc) is 2.22. The largest absolute Gasteiger partial charge is 0.352 e. The topological polar surface area (TPSA) is 29.0 Å². The van der Waals surface area contributed by atoms with E-state index in [0.717, 1.165) is 18.8 Å². The second-order valence-corrected chi connectivity index (χ2v) is 4.80. The number of alkyl halides is 1. The maximum atomic E-state index is 6.12. The van der Waals surface area contributed by atoms with E-state index in [4.69, 9.17) is 23.2 Å². The van der Waals surface area contributed by atoms with Crippen molar-refractivity contribution in [2.75, 3.05) is 17.3 Å². The van der Waals surface area contributed by atoms with Crippen molar-refractivity contribution >= 4 is 29.0 Å². The van der Waals surface area contributed by atoms with Crippen LogP contribution < -0.4 is 4.90 Å². The second-order valence-electron chi connectivity index (χ2n) is 4.01. The van der Waals surface area contributed by atoms with Crippen LogP contribution in [0.3, 0.4) is 0 Å². The molecule has 2 rings (SSSR count). The summed E-state index contributed by atoms with van der Waals surface area (Å²) in [6.45, 7) is 0.922. The van der Waals surface area contributed by atoms with E-state index in [-0.39, 0.29) is 0 Å². The van der Waals surface area contributed by atoms with Gasteiger partial charge in [0, 0.05) is 18.5 Å². The first-order valence-corrected chi connectivity index (χ1v) is 6.52. The first-order chi connectivity index (χ1) is 7.83. The molecule has 3 nitrogen and oxygen atoms in total. The molecule has 1 aromatic rings. The van der Waals surface area contributed by atoms with Crippen LogP contribution in [0.2, 0.25) is 5.02 Å². The fourth-order valence-corrected chi connectivity index (χ4v) is 2.24. The summed E-state index contributed by atoms with van der Waals surface area (Å²) < 4.78 is 0. The van der Waals surface area contributed by atoms with Crippen molar-refractivity contribution < 1.29 is 0 Å². The number of anilines is 1. The molecule has 0 aromatic carbocycles. The van der Waals surface area contributed by atoms with Crippen molar-refractivity contribution in [2.24, 2.45) is 0 Å². The van der Waals surface area contributed by atoms with Gasteiger partial charge >= 0.3 is 0 Å². The first kappa shape index (κ1) is 11.9. The number of nitrogens with zero attached hydrogens (tertiary/aromatic N) is 3. The molecule has 1 aliphatic rings. The molecule has 0 bridgehead atoms. The minimum Gasteiger partial charge on any atom is -0.352 e. The highest BCUT2D eigenvalue weighted by molar-refractivity contribution is 6.32. The molecule has 1 aromatic heterocycles. The normalized spacial score (nSPS) is 15.9. The number of halogens is 2. The van der Waals surface area contributed by atoms with Crippen molar-refractivity contribution in [3.05, 3.63) is 17.5 Å². The third-order valence-corrected chi connectivity index (χ3v) is 3.50. The molecule has 5 heteroatoms. The van der Waals surface area contributed by atoms with E-state index in [0.29, 0.717) is 16.9 Å². The quantitative estimate of drug-likeness (QED) is 0.761. The summed E-state index contributed by atoms with van der Waals surface area (Å²) in [7, 11) is 0. The monoisotopic (exact) mass is 259 g/mol. The van der Waals surface area contributed by atoms with Gasteiger partial charge in [0.15, 0.2) is 5.82 Å². The Labute approximate surface area is 106 Å². The Morgan fingerprint density at radius 1 is 1.44 bits per heavy atom. The molecule has 1 saturated carbocycles. The maximum Gasteiger partial charge on any atom is 0.151 e. The van der Waals surface area contributed by atoms with Gasteiger partial charge in [-0.1, -0.05) is 11.6 Å². The van der Waals surface area contributed by atoms with Crippen LogP contribution in [0.25, 0.3) is 0 Å². The summed E-state index contributed by atoms with van der Waals surface area (Å²) in [6.07, 6.45) is 7.90. The molecule has 0 spiro atoms. The molecule has 0 aliphatic heterocycles. The van der Waals surface area contributed by atoms with Crippen LogP contribution in [-0.2, 0) is 0 Å². The molecule has 0 saturated heterocycles. The summed E-state index contributed by atoms with van der Waals surface area (Å²) in [6, 6.07) is 0.579. The molecule has 0 amide bonds. The van der Waals surface area contributed by atoms with Crippen molar-refractivity contribution in [1.29, 1.82) is 0 Å². The van der Waals surface area contributed by atoms with Crippen LogP contribution in [0.1, 0.15) is 25.7 Å². The lowest BCUT2D eigenvalue weighted by atomic mass is 9.91. The highest BCUT2D eigenvalue weighted by Gasteiger charge is 2.26. The van der Waals surface area contributed by atoms with Crippen LogP contribution in [0.5, 0.6) is 0 Å². The summed E-state index contributed by atoms with van der Waals surface area (Å²) in [5, 5.41) is 0.629. The van der Waals surface area contributed by atoms with E-state index in [2.05, 4.69) is 14.9 Å². The molecule has 0 N–H and O–H groups in total. The van der Waals surface area contributed by atoms with E-state index >= 15 is 0 Å². The van der Waals surface area contributed by atoms with Gasteiger partial charge < -0.3 is 4.90 Å². The summed E-state index contributed by atoms with van der Waals surface area (Å²) in [4.78, 5) is 10.5. The molecule has 16 heavy (non-hydrogen) atoms. The fourth-order valence-electron chi connectivity index (χ4n) is 1.91. The Morgan fingerprint density at radius 2 is 2.25 bits per heavy atom. The Bertz CT molecular complexity index is 342. The molecule has 1 fully saturated rings. The molecule has 0 atom stereocenters. The van der Waals surface area contributed by atoms with Gasteiger partial charge in [-0.15, -0.1) is 11.6 Å². The zero-order valence-corrected chi connectivity index (χ0v) is 10.6. The molecule has 1 heterocycles. The van der Waals surface area contributed by atoms with Crippen molar-refractivity contribution in [3.63, 3.8) is 0 Å². The van der Waals surface area contributed by atoms with Crippen LogP contribution >= 0.6 is 23.2 Å². The summed E-state index contributed by atoms with van der Waals surface area (Å²) in [5.74, 6) is 1.53. The SMILES string of the molecule is ClCCCN(c1ncncc1Cl)C1CCC1. The van der Waals surface area contributed by atoms with Gasteiger partial charge in [0.25, 0.3) is 0 Å². The predicted molar refractivity (Wildman–Crippen MR) is 67.4 cm³/mol. The van der Waals surface area contributed by atoms with Crippen molar-refractivity contribution in [3.8, 4) is 0 Å². The predicted octanol–water partition coefficient (Wildman–Crippen LogP) is 3.12. The molecule has 88 valence electrons. The van der Waals surface area contributed by atoms with E-state index in [1.54, 1.807) is 12.5 Å². The van der Waals surface area contributed by atoms with Gasteiger partial charge in [0.05, 0.1) is 6.20 Å². The highest BCUT2D eigenvalue weighted by atomic mass is 35.5.